The average Bonchev–Trinajstić information content (AvgIpc) is 3.68. The lowest BCUT2D eigenvalue weighted by Crippen LogP contribution is -2.65. The predicted octanol–water partition coefficient (Wildman–Crippen LogP) is 12.1. The van der Waals surface area contributed by atoms with Gasteiger partial charge in [0.15, 0.2) is 0 Å². The summed E-state index contributed by atoms with van der Waals surface area (Å²) in [6.07, 6.45) is 13.2. The van der Waals surface area contributed by atoms with Crippen molar-refractivity contribution in [3.05, 3.63) is 58.7 Å². The molecule has 0 bridgehead atoms. The molecule has 284 valence electrons. The van der Waals surface area contributed by atoms with E-state index >= 15 is 0 Å². The Morgan fingerprint density at radius 1 is 0.962 bits per heavy atom. The summed E-state index contributed by atoms with van der Waals surface area (Å²) in [5.41, 5.74) is 4.26. The summed E-state index contributed by atoms with van der Waals surface area (Å²) in [7, 11) is 0. The van der Waals surface area contributed by atoms with Crippen LogP contribution in [0.25, 0.3) is 11.5 Å². The second kappa shape index (κ2) is 12.7. The molecule has 6 nitrogen and oxygen atoms in total. The second-order valence-electron chi connectivity index (χ2n) is 20.0. The van der Waals surface area contributed by atoms with E-state index in [9.17, 15) is 9.90 Å². The number of allylic oxidation sites excluding steroid dienone is 3. The van der Waals surface area contributed by atoms with Crippen molar-refractivity contribution in [1.82, 2.24) is 10.2 Å². The standard InChI is InChI=1S/C45H63ClN2O4/c1-27(2)31-17-22-45(26-36-47-48-38(52-36)29-11-13-30(46)14-12-29)24-23-43(9)32(37(31)45)15-16-34-42(8)20-19-35(51-28(3)25-40(4,5)39(49)50)41(6,7)33(42)18-21-44(34,43)10/h11-14,27,32-35H,3,15-26H2,1-2,4-10H3,(H,49,50)/t32-,33+,34-,35?,42+,43-,44-,45-/m1/s1. The van der Waals surface area contributed by atoms with E-state index in [1.54, 1.807) is 25.0 Å². The van der Waals surface area contributed by atoms with Crippen LogP contribution in [0.3, 0.4) is 0 Å². The van der Waals surface area contributed by atoms with Gasteiger partial charge in [-0.25, -0.2) is 0 Å². The van der Waals surface area contributed by atoms with E-state index in [1.807, 2.05) is 24.3 Å². The van der Waals surface area contributed by atoms with Gasteiger partial charge in [-0.05, 0) is 142 Å². The van der Waals surface area contributed by atoms with Crippen LogP contribution < -0.4 is 0 Å². The van der Waals surface area contributed by atoms with E-state index in [2.05, 4.69) is 65.2 Å². The predicted molar refractivity (Wildman–Crippen MR) is 208 cm³/mol. The lowest BCUT2D eigenvalue weighted by molar-refractivity contribution is -0.230. The summed E-state index contributed by atoms with van der Waals surface area (Å²) in [5.74, 6) is 3.46. The maximum Gasteiger partial charge on any atom is 0.309 e. The molecule has 5 aliphatic rings. The molecule has 0 amide bonds. The van der Waals surface area contributed by atoms with E-state index in [1.165, 1.54) is 51.4 Å². The van der Waals surface area contributed by atoms with Crippen molar-refractivity contribution < 1.29 is 19.1 Å². The molecule has 7 rings (SSSR count). The molecule has 4 saturated carbocycles. The minimum Gasteiger partial charge on any atom is -0.495 e. The Morgan fingerprint density at radius 3 is 2.35 bits per heavy atom. The molecule has 8 atom stereocenters. The van der Waals surface area contributed by atoms with Gasteiger partial charge < -0.3 is 14.3 Å². The smallest absolute Gasteiger partial charge is 0.309 e. The number of hydrogen-bond donors (Lipinski definition) is 1. The molecular weight excluding hydrogens is 668 g/mol. The normalized spacial score (nSPS) is 36.8. The lowest BCUT2D eigenvalue weighted by atomic mass is 9.33. The summed E-state index contributed by atoms with van der Waals surface area (Å²) in [5, 5.41) is 19.6. The van der Waals surface area contributed by atoms with Crippen LogP contribution in [0.4, 0.5) is 0 Å². The van der Waals surface area contributed by atoms with Crippen LogP contribution in [0.5, 0.6) is 0 Å². The number of benzene rings is 1. The van der Waals surface area contributed by atoms with Crippen LogP contribution in [-0.2, 0) is 16.0 Å². The fourth-order valence-corrected chi connectivity index (χ4v) is 13.5. The molecule has 1 N–H and O–H groups in total. The zero-order valence-corrected chi connectivity index (χ0v) is 34.1. The third-order valence-electron chi connectivity index (χ3n) is 16.3. The number of ether oxygens (including phenoxy) is 1. The number of hydrogen-bond acceptors (Lipinski definition) is 5. The molecule has 2 aromatic rings. The topological polar surface area (TPSA) is 85.5 Å². The molecule has 0 saturated heterocycles. The van der Waals surface area contributed by atoms with Gasteiger partial charge in [-0.3, -0.25) is 4.79 Å². The summed E-state index contributed by atoms with van der Waals surface area (Å²) in [6.45, 7) is 25.4. The van der Waals surface area contributed by atoms with Crippen LogP contribution in [0, 0.1) is 56.2 Å². The van der Waals surface area contributed by atoms with Gasteiger partial charge in [-0.15, -0.1) is 10.2 Å². The van der Waals surface area contributed by atoms with Crippen molar-refractivity contribution in [3.63, 3.8) is 0 Å². The van der Waals surface area contributed by atoms with Crippen molar-refractivity contribution in [2.45, 2.75) is 145 Å². The van der Waals surface area contributed by atoms with E-state index in [0.29, 0.717) is 46.8 Å². The number of carboxylic acids is 1. The monoisotopic (exact) mass is 730 g/mol. The molecule has 1 heterocycles. The fourth-order valence-electron chi connectivity index (χ4n) is 13.4. The summed E-state index contributed by atoms with van der Waals surface area (Å²) < 4.78 is 13.0. The first-order valence-corrected chi connectivity index (χ1v) is 20.5. The first-order chi connectivity index (χ1) is 24.3. The average molecular weight is 731 g/mol. The van der Waals surface area contributed by atoms with Gasteiger partial charge in [0, 0.05) is 34.3 Å². The minimum atomic E-state index is -0.890. The van der Waals surface area contributed by atoms with Crippen LogP contribution in [-0.4, -0.2) is 27.4 Å². The largest absolute Gasteiger partial charge is 0.495 e. The molecule has 0 radical (unpaired) electrons. The number of fused-ring (bicyclic) bond motifs is 7. The summed E-state index contributed by atoms with van der Waals surface area (Å²) >= 11 is 6.16. The minimum absolute atomic E-state index is 0.0299. The Labute approximate surface area is 317 Å². The highest BCUT2D eigenvalue weighted by Gasteiger charge is 2.69. The highest BCUT2D eigenvalue weighted by atomic mass is 35.5. The van der Waals surface area contributed by atoms with E-state index in [4.69, 9.17) is 20.8 Å². The van der Waals surface area contributed by atoms with E-state index in [0.717, 1.165) is 30.7 Å². The number of aromatic nitrogens is 2. The Hall–Kier alpha value is -2.60. The molecule has 4 fully saturated rings. The van der Waals surface area contributed by atoms with Gasteiger partial charge in [0.05, 0.1) is 11.2 Å². The number of carboxylic acid groups (broad SMARTS) is 1. The first-order valence-electron chi connectivity index (χ1n) is 20.2. The number of carbonyl (C=O) groups is 1. The van der Waals surface area contributed by atoms with E-state index in [-0.39, 0.29) is 33.2 Å². The summed E-state index contributed by atoms with van der Waals surface area (Å²) in [4.78, 5) is 11.9. The lowest BCUT2D eigenvalue weighted by Gasteiger charge is -2.72. The Kier molecular flexibility index (Phi) is 9.24. The molecular formula is C45H63ClN2O4. The van der Waals surface area contributed by atoms with Crippen molar-refractivity contribution in [2.75, 3.05) is 0 Å². The molecule has 7 heteroatoms. The van der Waals surface area contributed by atoms with Crippen molar-refractivity contribution >= 4 is 17.6 Å². The molecule has 0 aliphatic heterocycles. The third kappa shape index (κ3) is 5.73. The first kappa shape index (κ1) is 37.7. The van der Waals surface area contributed by atoms with Gasteiger partial charge >= 0.3 is 5.97 Å². The van der Waals surface area contributed by atoms with Crippen LogP contribution in [0.1, 0.15) is 139 Å². The number of nitrogens with zero attached hydrogens (tertiary/aromatic N) is 2. The number of halogens is 1. The van der Waals surface area contributed by atoms with E-state index < -0.39 is 11.4 Å². The molecule has 52 heavy (non-hydrogen) atoms. The van der Waals surface area contributed by atoms with Gasteiger partial charge in [0.2, 0.25) is 11.8 Å². The molecule has 0 spiro atoms. The zero-order chi connectivity index (χ0) is 37.6. The quantitative estimate of drug-likeness (QED) is 0.204. The third-order valence-corrected chi connectivity index (χ3v) is 16.6. The van der Waals surface area contributed by atoms with Crippen molar-refractivity contribution in [1.29, 1.82) is 0 Å². The fraction of sp³-hybridized carbons (Fsp3) is 0.711. The van der Waals surface area contributed by atoms with Gasteiger partial charge in [-0.1, -0.05) is 77.8 Å². The number of aliphatic carboxylic acids is 1. The molecule has 1 unspecified atom stereocenters. The Morgan fingerprint density at radius 2 is 1.67 bits per heavy atom. The molecule has 1 aromatic heterocycles. The highest BCUT2D eigenvalue weighted by molar-refractivity contribution is 6.30. The van der Waals surface area contributed by atoms with Crippen molar-refractivity contribution in [2.24, 2.45) is 56.2 Å². The zero-order valence-electron chi connectivity index (χ0n) is 33.3. The maximum atomic E-state index is 11.9. The van der Waals surface area contributed by atoms with Gasteiger partial charge in [0.25, 0.3) is 0 Å². The SMILES string of the molecule is C=C(CC(C)(C)C(=O)O)OC1CC[C@]2(C)[C@H]3CC[C@@H]4C5=C(C(C)C)CC[C@]5(Cc5nnc(-c6ccc(Cl)cc6)o5)CC[C@@]4(C)[C@]3(C)CC[C@H]2C1(C)C. The Balaban J connectivity index is 1.15. The number of rotatable bonds is 9. The van der Waals surface area contributed by atoms with Gasteiger partial charge in [-0.2, -0.15) is 0 Å². The van der Waals surface area contributed by atoms with Crippen LogP contribution >= 0.6 is 11.6 Å². The summed E-state index contributed by atoms with van der Waals surface area (Å²) in [6, 6.07) is 7.66. The maximum absolute atomic E-state index is 11.9. The van der Waals surface area contributed by atoms with Crippen LogP contribution in [0.15, 0.2) is 52.2 Å². The highest BCUT2D eigenvalue weighted by Crippen LogP contribution is 2.77. The second-order valence-corrected chi connectivity index (χ2v) is 20.5. The molecule has 5 aliphatic carbocycles. The Bertz CT molecular complexity index is 1760. The molecule has 1 aromatic carbocycles. The van der Waals surface area contributed by atoms with Gasteiger partial charge in [0.1, 0.15) is 6.10 Å². The van der Waals surface area contributed by atoms with Crippen molar-refractivity contribution in [3.8, 4) is 11.5 Å². The van der Waals surface area contributed by atoms with Crippen LogP contribution in [0.2, 0.25) is 5.02 Å².